The molecule has 0 aliphatic heterocycles. The molecule has 2 heterocycles. The average molecular weight is 230 g/mol. The SMILES string of the molecule is CCc1nc(-c2ccnc(C)n2)ncc1CO. The van der Waals surface area contributed by atoms with Crippen molar-refractivity contribution in [1.29, 1.82) is 0 Å². The molecule has 0 bridgehead atoms. The van der Waals surface area contributed by atoms with Crippen molar-refractivity contribution in [3.63, 3.8) is 0 Å². The number of hydrogen-bond donors (Lipinski definition) is 1. The summed E-state index contributed by atoms with van der Waals surface area (Å²) >= 11 is 0. The molecule has 0 saturated carbocycles. The van der Waals surface area contributed by atoms with Crippen LogP contribution >= 0.6 is 0 Å². The van der Waals surface area contributed by atoms with Gasteiger partial charge in [-0.05, 0) is 19.4 Å². The summed E-state index contributed by atoms with van der Waals surface area (Å²) < 4.78 is 0. The van der Waals surface area contributed by atoms with E-state index in [1.54, 1.807) is 18.5 Å². The van der Waals surface area contributed by atoms with Crippen LogP contribution in [0, 0.1) is 6.92 Å². The lowest BCUT2D eigenvalue weighted by molar-refractivity contribution is 0.279. The molecule has 0 aliphatic carbocycles. The number of aromatic nitrogens is 4. The van der Waals surface area contributed by atoms with Gasteiger partial charge in [-0.1, -0.05) is 6.92 Å². The first-order valence-electron chi connectivity index (χ1n) is 5.50. The van der Waals surface area contributed by atoms with Gasteiger partial charge in [0, 0.05) is 23.7 Å². The Labute approximate surface area is 99.6 Å². The van der Waals surface area contributed by atoms with E-state index < -0.39 is 0 Å². The normalized spacial score (nSPS) is 10.5. The van der Waals surface area contributed by atoms with Crippen LogP contribution in [0.4, 0.5) is 0 Å². The van der Waals surface area contributed by atoms with Gasteiger partial charge in [-0.3, -0.25) is 0 Å². The van der Waals surface area contributed by atoms with Crippen molar-refractivity contribution in [3.8, 4) is 11.5 Å². The summed E-state index contributed by atoms with van der Waals surface area (Å²) in [6.45, 7) is 3.79. The van der Waals surface area contributed by atoms with E-state index in [2.05, 4.69) is 19.9 Å². The highest BCUT2D eigenvalue weighted by Gasteiger charge is 2.08. The van der Waals surface area contributed by atoms with Crippen molar-refractivity contribution in [2.24, 2.45) is 0 Å². The zero-order valence-corrected chi connectivity index (χ0v) is 9.88. The summed E-state index contributed by atoms with van der Waals surface area (Å²) in [6, 6.07) is 1.78. The van der Waals surface area contributed by atoms with Gasteiger partial charge in [0.2, 0.25) is 0 Å². The Kier molecular flexibility index (Phi) is 3.39. The molecule has 0 aromatic carbocycles. The molecule has 0 amide bonds. The molecule has 0 saturated heterocycles. The second-order valence-electron chi connectivity index (χ2n) is 3.67. The topological polar surface area (TPSA) is 71.8 Å². The quantitative estimate of drug-likeness (QED) is 0.860. The zero-order valence-electron chi connectivity index (χ0n) is 9.88. The molecule has 0 aliphatic rings. The van der Waals surface area contributed by atoms with Gasteiger partial charge < -0.3 is 5.11 Å². The van der Waals surface area contributed by atoms with E-state index in [0.29, 0.717) is 17.3 Å². The Morgan fingerprint density at radius 3 is 2.71 bits per heavy atom. The molecule has 0 radical (unpaired) electrons. The maximum absolute atomic E-state index is 9.15. The van der Waals surface area contributed by atoms with Crippen molar-refractivity contribution in [2.75, 3.05) is 0 Å². The van der Waals surface area contributed by atoms with Crippen LogP contribution in [0.15, 0.2) is 18.5 Å². The fourth-order valence-electron chi connectivity index (χ4n) is 1.58. The van der Waals surface area contributed by atoms with Crippen LogP contribution < -0.4 is 0 Å². The molecule has 2 aromatic heterocycles. The Morgan fingerprint density at radius 1 is 1.24 bits per heavy atom. The highest BCUT2D eigenvalue weighted by molar-refractivity contribution is 5.48. The number of hydrogen-bond acceptors (Lipinski definition) is 5. The number of aryl methyl sites for hydroxylation is 2. The van der Waals surface area contributed by atoms with Crippen LogP contribution in [0.5, 0.6) is 0 Å². The first-order chi connectivity index (χ1) is 8.24. The summed E-state index contributed by atoms with van der Waals surface area (Å²) in [4.78, 5) is 16.9. The van der Waals surface area contributed by atoms with Gasteiger partial charge in [-0.15, -0.1) is 0 Å². The predicted octanol–water partition coefficient (Wildman–Crippen LogP) is 1.30. The van der Waals surface area contributed by atoms with Crippen molar-refractivity contribution >= 4 is 0 Å². The fourth-order valence-corrected chi connectivity index (χ4v) is 1.58. The fraction of sp³-hybridized carbons (Fsp3) is 0.333. The number of aliphatic hydroxyl groups excluding tert-OH is 1. The van der Waals surface area contributed by atoms with Gasteiger partial charge in [0.25, 0.3) is 0 Å². The van der Waals surface area contributed by atoms with Crippen molar-refractivity contribution in [2.45, 2.75) is 26.9 Å². The monoisotopic (exact) mass is 230 g/mol. The minimum Gasteiger partial charge on any atom is -0.392 e. The van der Waals surface area contributed by atoms with E-state index in [0.717, 1.165) is 17.7 Å². The summed E-state index contributed by atoms with van der Waals surface area (Å²) in [5, 5.41) is 9.15. The van der Waals surface area contributed by atoms with Gasteiger partial charge in [0.15, 0.2) is 5.82 Å². The second-order valence-corrected chi connectivity index (χ2v) is 3.67. The molecule has 0 fully saturated rings. The smallest absolute Gasteiger partial charge is 0.178 e. The van der Waals surface area contributed by atoms with Crippen LogP contribution in [-0.4, -0.2) is 25.0 Å². The van der Waals surface area contributed by atoms with Gasteiger partial charge in [0.05, 0.1) is 6.61 Å². The predicted molar refractivity (Wildman–Crippen MR) is 63.1 cm³/mol. The van der Waals surface area contributed by atoms with Gasteiger partial charge in [-0.25, -0.2) is 19.9 Å². The van der Waals surface area contributed by atoms with Crippen LogP contribution in [0.25, 0.3) is 11.5 Å². The van der Waals surface area contributed by atoms with Crippen molar-refractivity contribution < 1.29 is 5.11 Å². The maximum atomic E-state index is 9.15. The Balaban J connectivity index is 2.46. The Hall–Kier alpha value is -1.88. The summed E-state index contributed by atoms with van der Waals surface area (Å²) in [5.74, 6) is 1.26. The molecule has 17 heavy (non-hydrogen) atoms. The van der Waals surface area contributed by atoms with Gasteiger partial charge in [0.1, 0.15) is 11.5 Å². The van der Waals surface area contributed by atoms with E-state index in [4.69, 9.17) is 5.11 Å². The number of aliphatic hydroxyl groups is 1. The van der Waals surface area contributed by atoms with E-state index in [9.17, 15) is 0 Å². The van der Waals surface area contributed by atoms with E-state index in [1.165, 1.54) is 0 Å². The average Bonchev–Trinajstić information content (AvgIpc) is 2.38. The molecule has 0 atom stereocenters. The molecule has 1 N–H and O–H groups in total. The molecular weight excluding hydrogens is 216 g/mol. The van der Waals surface area contributed by atoms with E-state index in [1.807, 2.05) is 13.8 Å². The van der Waals surface area contributed by atoms with Crippen LogP contribution in [0.3, 0.4) is 0 Å². The third-order valence-corrected chi connectivity index (χ3v) is 2.46. The van der Waals surface area contributed by atoms with E-state index >= 15 is 0 Å². The molecule has 2 aromatic rings. The number of nitrogens with zero attached hydrogens (tertiary/aromatic N) is 4. The van der Waals surface area contributed by atoms with Crippen molar-refractivity contribution in [1.82, 2.24) is 19.9 Å². The molecule has 0 spiro atoms. The van der Waals surface area contributed by atoms with Gasteiger partial charge >= 0.3 is 0 Å². The lowest BCUT2D eigenvalue weighted by atomic mass is 10.2. The number of rotatable bonds is 3. The maximum Gasteiger partial charge on any atom is 0.178 e. The zero-order chi connectivity index (χ0) is 12.3. The summed E-state index contributed by atoms with van der Waals surface area (Å²) in [5.41, 5.74) is 2.33. The molecule has 5 heteroatoms. The first kappa shape index (κ1) is 11.6. The third kappa shape index (κ3) is 2.45. The molecule has 2 rings (SSSR count). The lowest BCUT2D eigenvalue weighted by Gasteiger charge is -2.06. The molecule has 5 nitrogen and oxygen atoms in total. The largest absolute Gasteiger partial charge is 0.392 e. The third-order valence-electron chi connectivity index (χ3n) is 2.46. The Bertz CT molecular complexity index is 528. The van der Waals surface area contributed by atoms with Crippen LogP contribution in [0.1, 0.15) is 24.0 Å². The van der Waals surface area contributed by atoms with Gasteiger partial charge in [-0.2, -0.15) is 0 Å². The minimum atomic E-state index is -0.0355. The highest BCUT2D eigenvalue weighted by Crippen LogP contribution is 2.14. The summed E-state index contributed by atoms with van der Waals surface area (Å²) in [6.07, 6.45) is 4.10. The Morgan fingerprint density at radius 2 is 2.06 bits per heavy atom. The highest BCUT2D eigenvalue weighted by atomic mass is 16.3. The molecular formula is C12H14N4O. The van der Waals surface area contributed by atoms with Crippen LogP contribution in [0.2, 0.25) is 0 Å². The standard InChI is InChI=1S/C12H14N4O/c1-3-10-9(7-17)6-14-12(16-10)11-4-5-13-8(2)15-11/h4-6,17H,3,7H2,1-2H3. The summed E-state index contributed by atoms with van der Waals surface area (Å²) in [7, 11) is 0. The minimum absolute atomic E-state index is 0.0355. The molecule has 0 unspecified atom stereocenters. The second kappa shape index (κ2) is 4.97. The van der Waals surface area contributed by atoms with Crippen LogP contribution in [-0.2, 0) is 13.0 Å². The lowest BCUT2D eigenvalue weighted by Crippen LogP contribution is -2.02. The first-order valence-corrected chi connectivity index (χ1v) is 5.50. The molecule has 88 valence electrons. The van der Waals surface area contributed by atoms with E-state index in [-0.39, 0.29) is 6.61 Å². The van der Waals surface area contributed by atoms with Crippen molar-refractivity contribution in [3.05, 3.63) is 35.5 Å².